The number of rotatable bonds is 8. The number of para-hydroxylation sites is 2. The molecule has 1 heterocycles. The second kappa shape index (κ2) is 9.88. The number of allylic oxidation sites excluding steroid dienone is 2. The molecule has 164 valence electrons. The third kappa shape index (κ3) is 4.97. The minimum atomic E-state index is 0.429. The van der Waals surface area contributed by atoms with Gasteiger partial charge in [0.1, 0.15) is 18.5 Å². The van der Waals surface area contributed by atoms with Crippen LogP contribution in [0.25, 0.3) is 22.7 Å². The third-order valence-electron chi connectivity index (χ3n) is 5.32. The summed E-state index contributed by atoms with van der Waals surface area (Å²) in [7, 11) is 1.61. The fourth-order valence-electron chi connectivity index (χ4n) is 3.63. The number of aromatic amines is 1. The van der Waals surface area contributed by atoms with Gasteiger partial charge in [0.15, 0.2) is 11.5 Å². The number of hydrogen-bond donors (Lipinski definition) is 1. The first-order valence-corrected chi connectivity index (χ1v) is 10.7. The van der Waals surface area contributed by atoms with Crippen LogP contribution >= 0.6 is 0 Å². The van der Waals surface area contributed by atoms with Crippen molar-refractivity contribution in [3.8, 4) is 17.6 Å². The number of aryl methyl sites for hydroxylation is 1. The highest BCUT2D eigenvalue weighted by Crippen LogP contribution is 2.35. The Morgan fingerprint density at radius 3 is 2.64 bits per heavy atom. The Kier molecular flexibility index (Phi) is 6.56. The van der Waals surface area contributed by atoms with Crippen LogP contribution in [0.4, 0.5) is 0 Å². The molecule has 0 bridgehead atoms. The second-order valence-electron chi connectivity index (χ2n) is 7.75. The molecule has 0 atom stereocenters. The summed E-state index contributed by atoms with van der Waals surface area (Å²) in [6.07, 6.45) is 4.23. The molecule has 0 aliphatic heterocycles. The average molecular weight is 436 g/mol. The van der Waals surface area contributed by atoms with E-state index in [2.05, 4.69) is 53.8 Å². The maximum Gasteiger partial charge on any atom is 0.165 e. The zero-order valence-electron chi connectivity index (χ0n) is 18.8. The van der Waals surface area contributed by atoms with Crippen molar-refractivity contribution in [2.45, 2.75) is 20.0 Å². The van der Waals surface area contributed by atoms with Gasteiger partial charge in [0.2, 0.25) is 0 Å². The lowest BCUT2D eigenvalue weighted by molar-refractivity contribution is 0.282. The largest absolute Gasteiger partial charge is 0.493 e. The van der Waals surface area contributed by atoms with Crippen LogP contribution in [0.15, 0.2) is 73.3 Å². The Labute approximate surface area is 193 Å². The number of ether oxygens (including phenoxy) is 2. The van der Waals surface area contributed by atoms with Crippen molar-refractivity contribution in [1.29, 1.82) is 5.26 Å². The molecular weight excluding hydrogens is 410 g/mol. The lowest BCUT2D eigenvalue weighted by Gasteiger charge is -2.16. The van der Waals surface area contributed by atoms with Crippen LogP contribution in [0, 0.1) is 18.3 Å². The van der Waals surface area contributed by atoms with E-state index in [1.54, 1.807) is 13.2 Å². The van der Waals surface area contributed by atoms with Crippen molar-refractivity contribution >= 4 is 22.7 Å². The normalized spacial score (nSPS) is 11.2. The molecule has 4 rings (SSSR count). The number of imidazole rings is 1. The Balaban J connectivity index is 1.69. The number of methoxy groups -OCH3 is 1. The Hall–Kier alpha value is -4.30. The average Bonchev–Trinajstić information content (AvgIpc) is 3.27. The number of benzene rings is 3. The molecule has 0 fully saturated rings. The minimum Gasteiger partial charge on any atom is -0.493 e. The Morgan fingerprint density at radius 2 is 1.94 bits per heavy atom. The molecule has 5 heteroatoms. The molecule has 3 aromatic carbocycles. The molecule has 0 aliphatic carbocycles. The highest BCUT2D eigenvalue weighted by molar-refractivity contribution is 5.90. The first-order valence-electron chi connectivity index (χ1n) is 10.7. The van der Waals surface area contributed by atoms with E-state index in [-0.39, 0.29) is 0 Å². The SMILES string of the molecule is C=CCc1cc(/C=C(\C#N)c2nc3ccccc3[nH]2)cc(OC)c1OCc1ccc(C)cc1. The van der Waals surface area contributed by atoms with E-state index < -0.39 is 0 Å². The summed E-state index contributed by atoms with van der Waals surface area (Å²) in [5.74, 6) is 1.81. The number of nitrogens with one attached hydrogen (secondary N) is 1. The monoisotopic (exact) mass is 435 g/mol. The van der Waals surface area contributed by atoms with Crippen LogP contribution < -0.4 is 9.47 Å². The summed E-state index contributed by atoms with van der Waals surface area (Å²) in [5.41, 5.74) is 6.18. The molecule has 4 aromatic rings. The quantitative estimate of drug-likeness (QED) is 0.262. The number of aromatic nitrogens is 2. The Bertz CT molecular complexity index is 1330. The maximum atomic E-state index is 9.80. The molecule has 0 unspecified atom stereocenters. The molecule has 0 aliphatic rings. The third-order valence-corrected chi connectivity index (χ3v) is 5.32. The van der Waals surface area contributed by atoms with Crippen LogP contribution in [-0.2, 0) is 13.0 Å². The number of hydrogen-bond acceptors (Lipinski definition) is 4. The fraction of sp³-hybridized carbons (Fsp3) is 0.143. The van der Waals surface area contributed by atoms with E-state index in [4.69, 9.17) is 9.47 Å². The van der Waals surface area contributed by atoms with Gasteiger partial charge in [-0.15, -0.1) is 6.58 Å². The predicted molar refractivity (Wildman–Crippen MR) is 132 cm³/mol. The van der Waals surface area contributed by atoms with Gasteiger partial charge in [0.05, 0.1) is 23.7 Å². The lowest BCUT2D eigenvalue weighted by atomic mass is 10.0. The van der Waals surface area contributed by atoms with Crippen LogP contribution in [0.2, 0.25) is 0 Å². The molecule has 0 saturated heterocycles. The number of H-pyrrole nitrogens is 1. The molecule has 0 saturated carbocycles. The highest BCUT2D eigenvalue weighted by atomic mass is 16.5. The van der Waals surface area contributed by atoms with Gasteiger partial charge in [-0.3, -0.25) is 0 Å². The molecule has 0 spiro atoms. The molecular formula is C28H25N3O2. The summed E-state index contributed by atoms with van der Waals surface area (Å²) < 4.78 is 11.8. The van der Waals surface area contributed by atoms with Crippen molar-refractivity contribution in [3.05, 3.63) is 101 Å². The van der Waals surface area contributed by atoms with Crippen LogP contribution in [0.1, 0.15) is 28.1 Å². The van der Waals surface area contributed by atoms with Gasteiger partial charge in [-0.05, 0) is 54.8 Å². The zero-order valence-corrected chi connectivity index (χ0v) is 18.8. The molecule has 5 nitrogen and oxygen atoms in total. The van der Waals surface area contributed by atoms with Crippen LogP contribution in [0.5, 0.6) is 11.5 Å². The Morgan fingerprint density at radius 1 is 1.15 bits per heavy atom. The predicted octanol–water partition coefficient (Wildman–Crippen LogP) is 6.25. The number of nitrogens with zero attached hydrogens (tertiary/aromatic N) is 2. The van der Waals surface area contributed by atoms with Gasteiger partial charge in [0, 0.05) is 5.56 Å². The van der Waals surface area contributed by atoms with Gasteiger partial charge in [0.25, 0.3) is 0 Å². The van der Waals surface area contributed by atoms with E-state index in [0.29, 0.717) is 35.9 Å². The summed E-state index contributed by atoms with van der Waals surface area (Å²) in [6.45, 7) is 6.37. The van der Waals surface area contributed by atoms with E-state index >= 15 is 0 Å². The van der Waals surface area contributed by atoms with Crippen LogP contribution in [-0.4, -0.2) is 17.1 Å². The topological polar surface area (TPSA) is 70.9 Å². The summed E-state index contributed by atoms with van der Waals surface area (Å²) in [4.78, 5) is 7.76. The molecule has 1 N–H and O–H groups in total. The minimum absolute atomic E-state index is 0.429. The molecule has 0 radical (unpaired) electrons. The molecule has 33 heavy (non-hydrogen) atoms. The molecule has 1 aromatic heterocycles. The number of fused-ring (bicyclic) bond motifs is 1. The first-order chi connectivity index (χ1) is 16.1. The fourth-order valence-corrected chi connectivity index (χ4v) is 3.63. The first kappa shape index (κ1) is 21.9. The van der Waals surface area contributed by atoms with Crippen molar-refractivity contribution in [2.75, 3.05) is 7.11 Å². The van der Waals surface area contributed by atoms with Gasteiger partial charge >= 0.3 is 0 Å². The standard InChI is InChI=1S/C28H25N3O2/c1-4-7-22-14-21(15-23(17-29)28-30-24-8-5-6-9-25(24)31-28)16-26(32-3)27(22)33-18-20-12-10-19(2)11-13-20/h4-6,8-16H,1,7,18H2,2-3H3,(H,30,31)/b23-15+. The van der Waals surface area contributed by atoms with Gasteiger partial charge < -0.3 is 14.5 Å². The van der Waals surface area contributed by atoms with Gasteiger partial charge in [-0.25, -0.2) is 4.98 Å². The van der Waals surface area contributed by atoms with Crippen molar-refractivity contribution in [1.82, 2.24) is 9.97 Å². The summed E-state index contributed by atoms with van der Waals surface area (Å²) >= 11 is 0. The van der Waals surface area contributed by atoms with E-state index in [1.165, 1.54) is 5.56 Å². The van der Waals surface area contributed by atoms with Crippen LogP contribution in [0.3, 0.4) is 0 Å². The summed E-state index contributed by atoms with van der Waals surface area (Å²) in [5, 5.41) is 9.80. The van der Waals surface area contributed by atoms with Gasteiger partial charge in [-0.1, -0.05) is 48.0 Å². The van der Waals surface area contributed by atoms with Crippen molar-refractivity contribution < 1.29 is 9.47 Å². The van der Waals surface area contributed by atoms with Crippen molar-refractivity contribution in [3.63, 3.8) is 0 Å². The van der Waals surface area contributed by atoms with Crippen molar-refractivity contribution in [2.24, 2.45) is 0 Å². The lowest BCUT2D eigenvalue weighted by Crippen LogP contribution is -2.02. The maximum absolute atomic E-state index is 9.80. The smallest absolute Gasteiger partial charge is 0.165 e. The zero-order chi connectivity index (χ0) is 23.2. The second-order valence-corrected chi connectivity index (χ2v) is 7.75. The van der Waals surface area contributed by atoms with E-state index in [9.17, 15) is 5.26 Å². The van der Waals surface area contributed by atoms with E-state index in [0.717, 1.165) is 27.7 Å². The summed E-state index contributed by atoms with van der Waals surface area (Å²) in [6, 6.07) is 22.1. The van der Waals surface area contributed by atoms with E-state index in [1.807, 2.05) is 42.5 Å². The highest BCUT2D eigenvalue weighted by Gasteiger charge is 2.14. The number of nitriles is 1. The van der Waals surface area contributed by atoms with Gasteiger partial charge in [-0.2, -0.15) is 5.26 Å². The molecule has 0 amide bonds.